The minimum Gasteiger partial charge on any atom is -0.393 e. The Labute approximate surface area is 160 Å². The van der Waals surface area contributed by atoms with Crippen LogP contribution in [0.25, 0.3) is 0 Å². The Balaban J connectivity index is 0.00000196. The zero-order valence-electron chi connectivity index (χ0n) is 15.1. The lowest BCUT2D eigenvalue weighted by Gasteiger charge is -2.56. The van der Waals surface area contributed by atoms with Gasteiger partial charge in [0, 0.05) is 17.3 Å². The summed E-state index contributed by atoms with van der Waals surface area (Å²) < 4.78 is 0. The molecular formula is C20H28ClNO4. The molecule has 4 aliphatic carbocycles. The predicted octanol–water partition coefficient (Wildman–Crippen LogP) is 1.56. The predicted molar refractivity (Wildman–Crippen MR) is 99.6 cm³/mol. The van der Waals surface area contributed by atoms with Gasteiger partial charge in [0.1, 0.15) is 5.60 Å². The van der Waals surface area contributed by atoms with Crippen LogP contribution in [0.2, 0.25) is 0 Å². The molecule has 0 heterocycles. The molecule has 0 bridgehead atoms. The Hall–Kier alpha value is -1.01. The van der Waals surface area contributed by atoms with Gasteiger partial charge >= 0.3 is 0 Å². The SMILES string of the molecule is C[C@]12C=CC(=O)C=C1CC[C@H]1[C@@H]3CC[C@](O)(C(=O)CN)[C@H]3C[C@H](O)[C@@H]12.Cl. The highest BCUT2D eigenvalue weighted by Gasteiger charge is 2.62. The molecule has 0 aromatic rings. The summed E-state index contributed by atoms with van der Waals surface area (Å²) in [4.78, 5) is 24.0. The summed E-state index contributed by atoms with van der Waals surface area (Å²) in [7, 11) is 0. The Morgan fingerprint density at radius 1 is 1.35 bits per heavy atom. The van der Waals surface area contributed by atoms with Gasteiger partial charge in [-0.2, -0.15) is 0 Å². The molecule has 7 atom stereocenters. The van der Waals surface area contributed by atoms with Crippen molar-refractivity contribution in [3.05, 3.63) is 23.8 Å². The summed E-state index contributed by atoms with van der Waals surface area (Å²) in [6.07, 6.45) is 8.15. The summed E-state index contributed by atoms with van der Waals surface area (Å²) in [5.74, 6) is 0.0533. The normalized spacial score (nSPS) is 46.5. The Morgan fingerprint density at radius 2 is 2.08 bits per heavy atom. The average Bonchev–Trinajstić information content (AvgIpc) is 2.92. The summed E-state index contributed by atoms with van der Waals surface area (Å²) >= 11 is 0. The molecule has 0 spiro atoms. The number of rotatable bonds is 2. The fraction of sp³-hybridized carbons (Fsp3) is 0.700. The maximum atomic E-state index is 12.3. The molecule has 0 aromatic heterocycles. The number of fused-ring (bicyclic) bond motifs is 5. The number of nitrogens with two attached hydrogens (primary N) is 1. The van der Waals surface area contributed by atoms with E-state index in [1.165, 1.54) is 0 Å². The van der Waals surface area contributed by atoms with E-state index in [0.717, 1.165) is 24.8 Å². The molecule has 0 amide bonds. The molecule has 144 valence electrons. The van der Waals surface area contributed by atoms with Gasteiger partial charge in [0.2, 0.25) is 0 Å². The third kappa shape index (κ3) is 2.55. The molecule has 0 unspecified atom stereocenters. The van der Waals surface area contributed by atoms with Crippen LogP contribution in [-0.2, 0) is 9.59 Å². The Bertz CT molecular complexity index is 689. The van der Waals surface area contributed by atoms with Gasteiger partial charge in [-0.15, -0.1) is 12.4 Å². The first-order valence-electron chi connectivity index (χ1n) is 9.39. The molecule has 4 N–H and O–H groups in total. The molecule has 0 saturated heterocycles. The third-order valence-corrected chi connectivity index (χ3v) is 7.62. The number of hydrogen-bond acceptors (Lipinski definition) is 5. The zero-order chi connectivity index (χ0) is 18.0. The van der Waals surface area contributed by atoms with Crippen molar-refractivity contribution in [2.45, 2.75) is 50.7 Å². The minimum atomic E-state index is -1.37. The van der Waals surface area contributed by atoms with Crippen LogP contribution in [0.15, 0.2) is 23.8 Å². The molecule has 4 aliphatic rings. The number of carbonyl (C=O) groups excluding carboxylic acids is 2. The van der Waals surface area contributed by atoms with Crippen LogP contribution >= 0.6 is 12.4 Å². The first-order chi connectivity index (χ1) is 11.8. The number of ketones is 2. The van der Waals surface area contributed by atoms with Gasteiger partial charge in [0.25, 0.3) is 0 Å². The van der Waals surface area contributed by atoms with Gasteiger partial charge in [-0.25, -0.2) is 0 Å². The van der Waals surface area contributed by atoms with E-state index in [-0.39, 0.29) is 59.6 Å². The highest BCUT2D eigenvalue weighted by atomic mass is 35.5. The van der Waals surface area contributed by atoms with E-state index in [0.29, 0.717) is 12.8 Å². The maximum absolute atomic E-state index is 12.3. The molecule has 4 rings (SSSR count). The molecular weight excluding hydrogens is 354 g/mol. The lowest BCUT2D eigenvalue weighted by molar-refractivity contribution is -0.151. The molecule has 26 heavy (non-hydrogen) atoms. The molecule has 3 saturated carbocycles. The first-order valence-corrected chi connectivity index (χ1v) is 9.39. The van der Waals surface area contributed by atoms with Gasteiger partial charge in [0.05, 0.1) is 12.6 Å². The van der Waals surface area contributed by atoms with Crippen molar-refractivity contribution >= 4 is 24.0 Å². The largest absolute Gasteiger partial charge is 0.393 e. The van der Waals surface area contributed by atoms with Crippen LogP contribution in [0.5, 0.6) is 0 Å². The minimum absolute atomic E-state index is 0. The van der Waals surface area contributed by atoms with Gasteiger partial charge in [-0.1, -0.05) is 18.6 Å². The summed E-state index contributed by atoms with van der Waals surface area (Å²) in [5, 5.41) is 22.0. The van der Waals surface area contributed by atoms with Crippen molar-refractivity contribution in [1.29, 1.82) is 0 Å². The van der Waals surface area contributed by atoms with Crippen molar-refractivity contribution in [3.8, 4) is 0 Å². The number of aliphatic hydroxyl groups excluding tert-OH is 1. The second-order valence-electron chi connectivity index (χ2n) is 8.58. The van der Waals surface area contributed by atoms with Crippen molar-refractivity contribution in [2.24, 2.45) is 34.8 Å². The second kappa shape index (κ2) is 6.55. The number of carbonyl (C=O) groups is 2. The van der Waals surface area contributed by atoms with Crippen LogP contribution in [0, 0.1) is 29.1 Å². The highest BCUT2D eigenvalue weighted by molar-refractivity contribution is 6.01. The van der Waals surface area contributed by atoms with E-state index in [1.807, 2.05) is 6.08 Å². The number of Topliss-reactive ketones (excluding diaryl/α,β-unsaturated/α-hetero) is 1. The number of halogens is 1. The van der Waals surface area contributed by atoms with Crippen molar-refractivity contribution in [2.75, 3.05) is 6.54 Å². The van der Waals surface area contributed by atoms with Crippen LogP contribution in [0.1, 0.15) is 39.0 Å². The summed E-state index contributed by atoms with van der Waals surface area (Å²) in [6, 6.07) is 0. The molecule has 6 heteroatoms. The van der Waals surface area contributed by atoms with E-state index in [1.54, 1.807) is 12.2 Å². The molecule has 0 aliphatic heterocycles. The zero-order valence-corrected chi connectivity index (χ0v) is 15.9. The topological polar surface area (TPSA) is 101 Å². The standard InChI is InChI=1S/C20H27NO4.ClH/c1-19-6-4-12(22)8-11(19)2-3-14-13-5-7-20(25,17(24)10-21)15(13)9-16(23)18(14)19;/h4,6,8,13-16,18,23,25H,2-3,5,7,9-10,21H2,1H3;1H/t13-,14-,15-,16-,18+,19-,20+;/m0./s1. The number of hydrogen-bond donors (Lipinski definition) is 3. The lowest BCUT2D eigenvalue weighted by Crippen LogP contribution is -2.57. The maximum Gasteiger partial charge on any atom is 0.178 e. The second-order valence-corrected chi connectivity index (χ2v) is 8.58. The fourth-order valence-electron chi connectivity index (χ4n) is 6.46. The van der Waals surface area contributed by atoms with Crippen molar-refractivity contribution < 1.29 is 19.8 Å². The van der Waals surface area contributed by atoms with Crippen LogP contribution in [0.4, 0.5) is 0 Å². The van der Waals surface area contributed by atoms with Crippen molar-refractivity contribution in [1.82, 2.24) is 0 Å². The monoisotopic (exact) mass is 381 g/mol. The van der Waals surface area contributed by atoms with E-state index in [4.69, 9.17) is 5.73 Å². The summed E-state index contributed by atoms with van der Waals surface area (Å²) in [6.45, 7) is 1.97. The molecule has 0 aromatic carbocycles. The van der Waals surface area contributed by atoms with E-state index < -0.39 is 11.7 Å². The van der Waals surface area contributed by atoms with Crippen LogP contribution in [-0.4, -0.2) is 40.0 Å². The van der Waals surface area contributed by atoms with Gasteiger partial charge in [-0.05, 0) is 56.1 Å². The average molecular weight is 382 g/mol. The smallest absolute Gasteiger partial charge is 0.178 e. The van der Waals surface area contributed by atoms with E-state index >= 15 is 0 Å². The summed E-state index contributed by atoms with van der Waals surface area (Å²) in [5.41, 5.74) is 4.96. The van der Waals surface area contributed by atoms with Crippen LogP contribution in [0.3, 0.4) is 0 Å². The Morgan fingerprint density at radius 3 is 2.77 bits per heavy atom. The Kier molecular flexibility index (Phi) is 4.98. The van der Waals surface area contributed by atoms with Gasteiger partial charge < -0.3 is 15.9 Å². The van der Waals surface area contributed by atoms with Crippen LogP contribution < -0.4 is 5.73 Å². The highest BCUT2D eigenvalue weighted by Crippen LogP contribution is 2.62. The number of allylic oxidation sites excluding steroid dienone is 4. The molecule has 0 radical (unpaired) electrons. The van der Waals surface area contributed by atoms with E-state index in [9.17, 15) is 19.8 Å². The third-order valence-electron chi connectivity index (χ3n) is 7.62. The van der Waals surface area contributed by atoms with Gasteiger partial charge in [-0.3, -0.25) is 9.59 Å². The number of aliphatic hydroxyl groups is 2. The molecule has 3 fully saturated rings. The lowest BCUT2D eigenvalue weighted by atomic mass is 9.49. The van der Waals surface area contributed by atoms with Crippen molar-refractivity contribution in [3.63, 3.8) is 0 Å². The van der Waals surface area contributed by atoms with E-state index in [2.05, 4.69) is 6.92 Å². The fourth-order valence-corrected chi connectivity index (χ4v) is 6.46. The quantitative estimate of drug-likeness (QED) is 0.673. The van der Waals surface area contributed by atoms with Gasteiger partial charge in [0.15, 0.2) is 11.6 Å². The first kappa shape index (κ1) is 19.7. The molecule has 5 nitrogen and oxygen atoms in total.